The van der Waals surface area contributed by atoms with E-state index in [1.807, 2.05) is 0 Å². The Morgan fingerprint density at radius 2 is 1.80 bits per heavy atom. The molecule has 1 unspecified atom stereocenters. The number of nitrogens with one attached hydrogen (secondary N) is 4. The number of para-hydroxylation sites is 1. The first-order valence-electron chi connectivity index (χ1n) is 9.90. The molecule has 1 aromatic rings. The van der Waals surface area contributed by atoms with Gasteiger partial charge < -0.3 is 20.9 Å². The van der Waals surface area contributed by atoms with E-state index in [1.54, 1.807) is 36.1 Å². The molecule has 6 amide bonds. The lowest BCUT2D eigenvalue weighted by Gasteiger charge is -2.38. The van der Waals surface area contributed by atoms with Crippen molar-refractivity contribution in [1.82, 2.24) is 20.9 Å². The third kappa shape index (κ3) is 3.49. The molecular weight excluding hydrogens is 390 g/mol. The Bertz CT molecular complexity index is 939. The van der Waals surface area contributed by atoms with Gasteiger partial charge in [-0.2, -0.15) is 0 Å². The van der Waals surface area contributed by atoms with E-state index < -0.39 is 29.4 Å². The number of likely N-dealkylation sites (tertiary alicyclic amines) is 1. The number of imide groups is 1. The maximum Gasteiger partial charge on any atom is 0.322 e. The summed E-state index contributed by atoms with van der Waals surface area (Å²) < 4.78 is 0. The molecule has 0 bridgehead atoms. The van der Waals surface area contributed by atoms with Gasteiger partial charge in [-0.05, 0) is 37.8 Å². The minimum atomic E-state index is -0.979. The Morgan fingerprint density at radius 3 is 2.47 bits per heavy atom. The van der Waals surface area contributed by atoms with Crippen LogP contribution in [0, 0.1) is 5.92 Å². The first-order valence-corrected chi connectivity index (χ1v) is 9.90. The Hall–Kier alpha value is -3.43. The molecule has 158 valence electrons. The van der Waals surface area contributed by atoms with Crippen molar-refractivity contribution in [3.05, 3.63) is 29.8 Å². The van der Waals surface area contributed by atoms with Gasteiger partial charge in [0.1, 0.15) is 11.6 Å². The van der Waals surface area contributed by atoms with Crippen molar-refractivity contribution in [3.63, 3.8) is 0 Å². The number of anilines is 1. The number of hydrogen-bond donors (Lipinski definition) is 4. The van der Waals surface area contributed by atoms with Gasteiger partial charge in [0.2, 0.25) is 11.8 Å². The lowest BCUT2D eigenvalue weighted by molar-refractivity contribution is -0.135. The number of nitrogens with zero attached hydrogens (tertiary/aromatic N) is 1. The van der Waals surface area contributed by atoms with Gasteiger partial charge >= 0.3 is 6.03 Å². The number of carbonyl (C=O) groups is 5. The molecule has 10 heteroatoms. The number of fused-ring (bicyclic) bond motifs is 1. The average Bonchev–Trinajstić information content (AvgIpc) is 2.93. The van der Waals surface area contributed by atoms with Crippen LogP contribution < -0.4 is 21.3 Å². The van der Waals surface area contributed by atoms with Crippen LogP contribution in [0.1, 0.15) is 36.5 Å². The predicted octanol–water partition coefficient (Wildman–Crippen LogP) is -0.0361. The highest BCUT2D eigenvalue weighted by molar-refractivity contribution is 6.10. The van der Waals surface area contributed by atoms with E-state index >= 15 is 0 Å². The number of piperidine rings is 1. The van der Waals surface area contributed by atoms with Gasteiger partial charge in [0.25, 0.3) is 11.8 Å². The molecule has 3 aliphatic heterocycles. The van der Waals surface area contributed by atoms with E-state index in [1.165, 1.54) is 0 Å². The summed E-state index contributed by atoms with van der Waals surface area (Å²) in [5.41, 5.74) is -0.208. The molecule has 0 radical (unpaired) electrons. The number of rotatable bonds is 3. The summed E-state index contributed by atoms with van der Waals surface area (Å²) in [6, 6.07) is 5.20. The fraction of sp³-hybridized carbons (Fsp3) is 0.450. The first kappa shape index (κ1) is 19.9. The highest BCUT2D eigenvalue weighted by Gasteiger charge is 2.48. The fourth-order valence-electron chi connectivity index (χ4n) is 4.31. The van der Waals surface area contributed by atoms with Crippen molar-refractivity contribution >= 4 is 35.3 Å². The predicted molar refractivity (Wildman–Crippen MR) is 105 cm³/mol. The van der Waals surface area contributed by atoms with Gasteiger partial charge in [0, 0.05) is 13.1 Å². The third-order valence-electron chi connectivity index (χ3n) is 6.17. The second-order valence-electron chi connectivity index (χ2n) is 8.03. The summed E-state index contributed by atoms with van der Waals surface area (Å²) in [4.78, 5) is 62.9. The monoisotopic (exact) mass is 413 g/mol. The topological polar surface area (TPSA) is 137 Å². The SMILES string of the molecule is CC1(C2CCN(C(=O)C[C@@H]3NC(=O)c4ccccc4NC3=O)CC2)NC(=O)NC1=O. The number of benzene rings is 1. The standard InChI is InChI=1S/C20H23N5O5/c1-20(18(29)23-19(30)24-20)11-6-8-25(9-7-11)15(26)10-14-17(28)21-13-5-3-2-4-12(13)16(27)22-14/h2-5,11,14H,6-10H2,1H3,(H,21,28)(H,22,27)(H2,23,24,29,30)/t14-,20?/m0/s1. The van der Waals surface area contributed by atoms with Crippen molar-refractivity contribution in [2.75, 3.05) is 18.4 Å². The van der Waals surface area contributed by atoms with E-state index in [-0.39, 0.29) is 24.2 Å². The molecule has 2 atom stereocenters. The van der Waals surface area contributed by atoms with Crippen molar-refractivity contribution in [1.29, 1.82) is 0 Å². The highest BCUT2D eigenvalue weighted by atomic mass is 16.2. The Kier molecular flexibility index (Phi) is 4.92. The zero-order valence-corrected chi connectivity index (χ0v) is 16.5. The third-order valence-corrected chi connectivity index (χ3v) is 6.17. The number of carbonyl (C=O) groups excluding carboxylic acids is 5. The molecule has 0 spiro atoms. The summed E-state index contributed by atoms with van der Waals surface area (Å²) in [5, 5.41) is 10.3. The molecule has 0 aliphatic carbocycles. The number of urea groups is 1. The van der Waals surface area contributed by atoms with Gasteiger partial charge in [-0.3, -0.25) is 24.5 Å². The van der Waals surface area contributed by atoms with Crippen LogP contribution in [0.2, 0.25) is 0 Å². The molecule has 2 fully saturated rings. The summed E-state index contributed by atoms with van der Waals surface area (Å²) in [6.45, 7) is 2.51. The maximum atomic E-state index is 12.8. The highest BCUT2D eigenvalue weighted by Crippen LogP contribution is 2.31. The lowest BCUT2D eigenvalue weighted by Crippen LogP contribution is -2.55. The fourth-order valence-corrected chi connectivity index (χ4v) is 4.31. The minimum Gasteiger partial charge on any atom is -0.343 e. The molecule has 30 heavy (non-hydrogen) atoms. The van der Waals surface area contributed by atoms with Crippen LogP contribution in [0.15, 0.2) is 24.3 Å². The zero-order chi connectivity index (χ0) is 21.5. The Labute approximate surface area is 172 Å². The Morgan fingerprint density at radius 1 is 1.10 bits per heavy atom. The van der Waals surface area contributed by atoms with Gasteiger partial charge in [0.15, 0.2) is 0 Å². The molecule has 2 saturated heterocycles. The summed E-state index contributed by atoms with van der Waals surface area (Å²) in [6.07, 6.45) is 0.944. The van der Waals surface area contributed by atoms with Gasteiger partial charge in [-0.1, -0.05) is 12.1 Å². The van der Waals surface area contributed by atoms with Gasteiger partial charge in [-0.25, -0.2) is 4.79 Å². The van der Waals surface area contributed by atoms with E-state index in [0.717, 1.165) is 0 Å². The molecule has 0 aromatic heterocycles. The molecule has 0 saturated carbocycles. The first-order chi connectivity index (χ1) is 14.3. The summed E-state index contributed by atoms with van der Waals surface area (Å²) >= 11 is 0. The Balaban J connectivity index is 1.36. The second kappa shape index (κ2) is 7.43. The van der Waals surface area contributed by atoms with E-state index in [4.69, 9.17) is 0 Å². The van der Waals surface area contributed by atoms with Crippen molar-refractivity contribution in [2.24, 2.45) is 5.92 Å². The largest absolute Gasteiger partial charge is 0.343 e. The van der Waals surface area contributed by atoms with Crippen molar-refractivity contribution in [3.8, 4) is 0 Å². The summed E-state index contributed by atoms with van der Waals surface area (Å²) in [5.74, 6) is -1.53. The second-order valence-corrected chi connectivity index (χ2v) is 8.03. The lowest BCUT2D eigenvalue weighted by atomic mass is 9.79. The maximum absolute atomic E-state index is 12.8. The van der Waals surface area contributed by atoms with Gasteiger partial charge in [-0.15, -0.1) is 0 Å². The number of hydrogen-bond acceptors (Lipinski definition) is 5. The molecule has 3 aliphatic rings. The quantitative estimate of drug-likeness (QED) is 0.516. The molecule has 4 rings (SSSR count). The van der Waals surface area contributed by atoms with Gasteiger partial charge in [0.05, 0.1) is 17.7 Å². The number of amides is 6. The van der Waals surface area contributed by atoms with Crippen LogP contribution in [0.25, 0.3) is 0 Å². The molecule has 4 N–H and O–H groups in total. The van der Waals surface area contributed by atoms with Crippen molar-refractivity contribution in [2.45, 2.75) is 37.8 Å². The van der Waals surface area contributed by atoms with Crippen LogP contribution in [0.4, 0.5) is 10.5 Å². The smallest absolute Gasteiger partial charge is 0.322 e. The normalized spacial score (nSPS) is 26.8. The van der Waals surface area contributed by atoms with Crippen LogP contribution in [0.3, 0.4) is 0 Å². The zero-order valence-electron chi connectivity index (χ0n) is 16.5. The van der Waals surface area contributed by atoms with Crippen LogP contribution in [0.5, 0.6) is 0 Å². The molecule has 3 heterocycles. The van der Waals surface area contributed by atoms with E-state index in [9.17, 15) is 24.0 Å². The summed E-state index contributed by atoms with van der Waals surface area (Å²) in [7, 11) is 0. The molecule has 10 nitrogen and oxygen atoms in total. The van der Waals surface area contributed by atoms with Crippen molar-refractivity contribution < 1.29 is 24.0 Å². The van der Waals surface area contributed by atoms with E-state index in [0.29, 0.717) is 37.2 Å². The van der Waals surface area contributed by atoms with E-state index in [2.05, 4.69) is 21.3 Å². The average molecular weight is 413 g/mol. The van der Waals surface area contributed by atoms with Crippen LogP contribution in [-0.4, -0.2) is 59.2 Å². The van der Waals surface area contributed by atoms with Crippen LogP contribution in [-0.2, 0) is 14.4 Å². The molecular formula is C20H23N5O5. The van der Waals surface area contributed by atoms with Crippen LogP contribution >= 0.6 is 0 Å². The minimum absolute atomic E-state index is 0.0941. The molecule has 1 aromatic carbocycles.